The number of methoxy groups -OCH3 is 1. The van der Waals surface area contributed by atoms with Crippen LogP contribution in [0.2, 0.25) is 0 Å². The molecule has 1 aromatic carbocycles. The van der Waals surface area contributed by atoms with E-state index in [-0.39, 0.29) is 11.5 Å². The molecule has 1 atom stereocenters. The molecule has 0 aromatic heterocycles. The zero-order valence-electron chi connectivity index (χ0n) is 13.0. The van der Waals surface area contributed by atoms with E-state index in [1.807, 2.05) is 0 Å². The molecule has 0 spiro atoms. The molecule has 124 valence electrons. The van der Waals surface area contributed by atoms with Crippen molar-refractivity contribution in [2.24, 2.45) is 5.41 Å². The number of alkyl halides is 4. The molecular weight excluding hydrogens is 357 g/mol. The third-order valence-corrected chi connectivity index (χ3v) is 5.37. The summed E-state index contributed by atoms with van der Waals surface area (Å²) in [6.07, 6.45) is 1.16. The van der Waals surface area contributed by atoms with Crippen molar-refractivity contribution in [3.63, 3.8) is 0 Å². The molecule has 0 radical (unpaired) electrons. The van der Waals surface area contributed by atoms with Gasteiger partial charge in [0.25, 0.3) is 0 Å². The van der Waals surface area contributed by atoms with E-state index in [1.54, 1.807) is 13.2 Å². The first kappa shape index (κ1) is 17.8. The van der Waals surface area contributed by atoms with Gasteiger partial charge in [0.2, 0.25) is 0 Å². The summed E-state index contributed by atoms with van der Waals surface area (Å²) < 4.78 is 44.5. The van der Waals surface area contributed by atoms with E-state index in [9.17, 15) is 13.2 Å². The smallest absolute Gasteiger partial charge is 0.376 e. The molecule has 0 aliphatic heterocycles. The van der Waals surface area contributed by atoms with Crippen LogP contribution in [-0.2, 0) is 16.2 Å². The fourth-order valence-corrected chi connectivity index (χ4v) is 4.05. The number of halogens is 4. The Hall–Kier alpha value is -0.550. The highest BCUT2D eigenvalue weighted by atomic mass is 79.9. The number of benzene rings is 1. The van der Waals surface area contributed by atoms with Crippen LogP contribution in [-0.4, -0.2) is 7.11 Å². The maximum atomic E-state index is 12.9. The van der Waals surface area contributed by atoms with E-state index in [0.29, 0.717) is 10.9 Å². The van der Waals surface area contributed by atoms with Gasteiger partial charge < -0.3 is 4.74 Å². The van der Waals surface area contributed by atoms with Gasteiger partial charge >= 0.3 is 6.18 Å². The first-order valence-corrected chi connectivity index (χ1v) is 8.73. The van der Waals surface area contributed by atoms with Gasteiger partial charge in [0.15, 0.2) is 0 Å². The maximum Gasteiger partial charge on any atom is 0.416 e. The minimum atomic E-state index is -4.31. The number of rotatable bonds is 4. The number of hydrogen-bond donors (Lipinski definition) is 0. The van der Waals surface area contributed by atoms with E-state index < -0.39 is 11.7 Å². The second-order valence-corrected chi connectivity index (χ2v) is 6.94. The van der Waals surface area contributed by atoms with Crippen LogP contribution in [0.25, 0.3) is 0 Å². The fraction of sp³-hybridized carbons (Fsp3) is 0.647. The fourth-order valence-electron chi connectivity index (χ4n) is 3.56. The van der Waals surface area contributed by atoms with Crippen molar-refractivity contribution in [2.45, 2.75) is 56.6 Å². The lowest BCUT2D eigenvalue weighted by atomic mass is 9.69. The summed E-state index contributed by atoms with van der Waals surface area (Å²) in [6, 6.07) is 4.00. The van der Waals surface area contributed by atoms with Crippen LogP contribution in [0.15, 0.2) is 18.2 Å². The summed E-state index contributed by atoms with van der Waals surface area (Å²) >= 11 is 3.33. The Balaban J connectivity index is 2.40. The molecule has 1 nitrogen and oxygen atoms in total. The zero-order valence-corrected chi connectivity index (χ0v) is 14.6. The lowest BCUT2D eigenvalue weighted by molar-refractivity contribution is -0.137. The largest absolute Gasteiger partial charge is 0.416 e. The Morgan fingerprint density at radius 3 is 2.36 bits per heavy atom. The molecule has 1 aromatic rings. The van der Waals surface area contributed by atoms with Crippen LogP contribution >= 0.6 is 15.9 Å². The van der Waals surface area contributed by atoms with E-state index >= 15 is 0 Å². The first-order chi connectivity index (χ1) is 10.3. The predicted octanol–water partition coefficient (Wildman–Crippen LogP) is 6.26. The highest BCUT2D eigenvalue weighted by Gasteiger charge is 2.38. The van der Waals surface area contributed by atoms with Crippen molar-refractivity contribution >= 4 is 15.9 Å². The van der Waals surface area contributed by atoms with Gasteiger partial charge in [-0.1, -0.05) is 48.2 Å². The Bertz CT molecular complexity index is 507. The summed E-state index contributed by atoms with van der Waals surface area (Å²) in [5.41, 5.74) is 0.920. The summed E-state index contributed by atoms with van der Waals surface area (Å²) in [5, 5.41) is 0.391. The van der Waals surface area contributed by atoms with Crippen molar-refractivity contribution in [3.05, 3.63) is 34.9 Å². The van der Waals surface area contributed by atoms with Crippen molar-refractivity contribution < 1.29 is 17.9 Å². The Morgan fingerprint density at radius 1 is 1.23 bits per heavy atom. The molecule has 2 rings (SSSR count). The molecular formula is C17H22BrF3O. The third kappa shape index (κ3) is 3.67. The van der Waals surface area contributed by atoms with Gasteiger partial charge in [0.05, 0.1) is 11.7 Å². The van der Waals surface area contributed by atoms with Gasteiger partial charge in [-0.05, 0) is 41.5 Å². The van der Waals surface area contributed by atoms with Gasteiger partial charge in [-0.3, -0.25) is 0 Å². The quantitative estimate of drug-likeness (QED) is 0.561. The van der Waals surface area contributed by atoms with Gasteiger partial charge in [0.1, 0.15) is 0 Å². The predicted molar refractivity (Wildman–Crippen MR) is 85.0 cm³/mol. The van der Waals surface area contributed by atoms with Crippen LogP contribution < -0.4 is 0 Å². The molecule has 0 N–H and O–H groups in total. The van der Waals surface area contributed by atoms with E-state index in [4.69, 9.17) is 4.74 Å². The molecule has 1 fully saturated rings. The van der Waals surface area contributed by atoms with Gasteiger partial charge in [-0.2, -0.15) is 13.2 Å². The normalized spacial score (nSPS) is 19.9. The molecule has 0 bridgehead atoms. The first-order valence-electron chi connectivity index (χ1n) is 7.60. The van der Waals surface area contributed by atoms with E-state index in [1.165, 1.54) is 18.6 Å². The lowest BCUT2D eigenvalue weighted by Crippen LogP contribution is -2.30. The topological polar surface area (TPSA) is 9.23 Å². The second kappa shape index (κ2) is 6.91. The highest BCUT2D eigenvalue weighted by molar-refractivity contribution is 9.08. The monoisotopic (exact) mass is 378 g/mol. The molecule has 0 heterocycles. The zero-order chi connectivity index (χ0) is 16.4. The van der Waals surface area contributed by atoms with Crippen LogP contribution in [0.3, 0.4) is 0 Å². The number of ether oxygens (including phenoxy) is 1. The minimum Gasteiger partial charge on any atom is -0.376 e. The highest BCUT2D eigenvalue weighted by Crippen LogP contribution is 2.48. The van der Waals surface area contributed by atoms with Crippen molar-refractivity contribution in [3.8, 4) is 0 Å². The summed E-state index contributed by atoms with van der Waals surface area (Å²) in [4.78, 5) is 0. The lowest BCUT2D eigenvalue weighted by Gasteiger charge is -2.41. The third-order valence-electron chi connectivity index (χ3n) is 4.76. The molecule has 1 aliphatic rings. The van der Waals surface area contributed by atoms with Gasteiger partial charge in [-0.25, -0.2) is 0 Å². The van der Waals surface area contributed by atoms with Gasteiger partial charge in [-0.15, -0.1) is 0 Å². The van der Waals surface area contributed by atoms with Crippen molar-refractivity contribution in [1.29, 1.82) is 0 Å². The van der Waals surface area contributed by atoms with Crippen LogP contribution in [0.1, 0.15) is 61.8 Å². The van der Waals surface area contributed by atoms with Crippen molar-refractivity contribution in [2.75, 3.05) is 7.11 Å². The van der Waals surface area contributed by atoms with Gasteiger partial charge in [0, 0.05) is 12.4 Å². The van der Waals surface area contributed by atoms with Crippen LogP contribution in [0, 0.1) is 5.41 Å². The molecule has 5 heteroatoms. The number of hydrogen-bond acceptors (Lipinski definition) is 1. The molecule has 1 aliphatic carbocycles. The van der Waals surface area contributed by atoms with Crippen LogP contribution in [0.5, 0.6) is 0 Å². The maximum absolute atomic E-state index is 12.9. The van der Waals surface area contributed by atoms with Crippen LogP contribution in [0.4, 0.5) is 13.2 Å². The standard InChI is InChI=1S/C17H22BrF3O/c1-16(8-4-3-5-9-16)15(22-2)14-7-6-13(17(19,20)21)10-12(14)11-18/h6-7,10,15H,3-5,8-9,11H2,1-2H3. The second-order valence-electron chi connectivity index (χ2n) is 6.38. The average molecular weight is 379 g/mol. The van der Waals surface area contributed by atoms with E-state index in [2.05, 4.69) is 22.9 Å². The Morgan fingerprint density at radius 2 is 1.86 bits per heavy atom. The summed E-state index contributed by atoms with van der Waals surface area (Å²) in [6.45, 7) is 2.19. The summed E-state index contributed by atoms with van der Waals surface area (Å²) in [5.74, 6) is 0. The van der Waals surface area contributed by atoms with E-state index in [0.717, 1.165) is 31.2 Å². The molecule has 0 saturated heterocycles. The average Bonchev–Trinajstić information content (AvgIpc) is 2.47. The van der Waals surface area contributed by atoms with Crippen molar-refractivity contribution in [1.82, 2.24) is 0 Å². The molecule has 0 amide bonds. The summed E-state index contributed by atoms with van der Waals surface area (Å²) in [7, 11) is 1.65. The Kier molecular flexibility index (Phi) is 5.59. The molecule has 1 saturated carbocycles. The molecule has 22 heavy (non-hydrogen) atoms. The molecule has 1 unspecified atom stereocenters. The minimum absolute atomic E-state index is 0.0102. The Labute approximate surface area is 138 Å². The SMILES string of the molecule is COC(c1ccc(C(F)(F)F)cc1CBr)C1(C)CCCCC1.